The molecule has 1 aliphatic heterocycles. The highest BCUT2D eigenvalue weighted by molar-refractivity contribution is 7.80. The highest BCUT2D eigenvalue weighted by Crippen LogP contribution is 2.26. The summed E-state index contributed by atoms with van der Waals surface area (Å²) in [5, 5.41) is 30.9. The summed E-state index contributed by atoms with van der Waals surface area (Å²) in [7, 11) is -5.08. The number of aliphatic hydroxyl groups excluding tert-OH is 3. The van der Waals surface area contributed by atoms with Gasteiger partial charge in [-0.3, -0.25) is 9.35 Å². The number of carbonyl (C=O) groups is 1. The standard InChI is InChI=1S/C61H104O12S/c1-3-5-7-9-11-13-15-17-19-21-23-25-27-28-29-30-32-34-36-38-40-42-44-46-48-50-57(63)71-55(54-70-61-59(65)60(73-74(66,67)68)58(64)56(52-62)72-61)53-69-51-49-47-45-43-41-39-37-35-33-31-26-24-22-20-18-16-14-12-10-8-6-4-2/h5,7,11,13,16-19,22-25,28-29,32,34,55-56,58-62,64-65H,3-4,6,8-10,12,14-15,20-21,26-27,30-31,33,35-54H2,1-2H3,(H,66,67,68)/b7-5-,13-11-,18-16-,19-17-,24-22-,25-23-,29-28-,34-32-. The summed E-state index contributed by atoms with van der Waals surface area (Å²) in [6, 6.07) is 0. The molecule has 0 aromatic heterocycles. The second kappa shape index (κ2) is 50.8. The first kappa shape index (κ1) is 69.0. The van der Waals surface area contributed by atoms with E-state index < -0.39 is 59.8 Å². The summed E-state index contributed by atoms with van der Waals surface area (Å²) in [6.45, 7) is 3.85. The van der Waals surface area contributed by atoms with Crippen molar-refractivity contribution in [1.82, 2.24) is 0 Å². The van der Waals surface area contributed by atoms with Gasteiger partial charge in [0, 0.05) is 13.0 Å². The number of hydrogen-bond donors (Lipinski definition) is 4. The predicted octanol–water partition coefficient (Wildman–Crippen LogP) is 14.5. The van der Waals surface area contributed by atoms with Gasteiger partial charge in [0.1, 0.15) is 30.5 Å². The Morgan fingerprint density at radius 2 is 0.932 bits per heavy atom. The maximum absolute atomic E-state index is 13.0. The van der Waals surface area contributed by atoms with Crippen molar-refractivity contribution in [3.8, 4) is 0 Å². The average molecular weight is 1060 g/mol. The molecule has 6 atom stereocenters. The fourth-order valence-corrected chi connectivity index (χ4v) is 8.86. The first-order chi connectivity index (χ1) is 36.1. The number of esters is 1. The van der Waals surface area contributed by atoms with Crippen molar-refractivity contribution in [2.24, 2.45) is 0 Å². The molecule has 1 fully saturated rings. The first-order valence-electron chi connectivity index (χ1n) is 29.0. The second-order valence-corrected chi connectivity index (χ2v) is 20.5. The van der Waals surface area contributed by atoms with Crippen LogP contribution >= 0.6 is 0 Å². The Bertz CT molecular complexity index is 1650. The molecule has 0 saturated carbocycles. The van der Waals surface area contributed by atoms with E-state index >= 15 is 0 Å². The largest absolute Gasteiger partial charge is 0.457 e. The lowest BCUT2D eigenvalue weighted by Crippen LogP contribution is -2.60. The number of carbonyl (C=O) groups excluding carboxylic acids is 1. The van der Waals surface area contributed by atoms with Gasteiger partial charge in [0.2, 0.25) is 0 Å². The van der Waals surface area contributed by atoms with Crippen molar-refractivity contribution in [3.05, 3.63) is 97.2 Å². The number of ether oxygens (including phenoxy) is 4. The van der Waals surface area contributed by atoms with Crippen LogP contribution in [0.1, 0.15) is 219 Å². The Kier molecular flexibility index (Phi) is 47.4. The molecule has 1 rings (SSSR count). The van der Waals surface area contributed by atoms with Crippen molar-refractivity contribution in [2.75, 3.05) is 26.4 Å². The Morgan fingerprint density at radius 3 is 1.36 bits per heavy atom. The molecule has 4 N–H and O–H groups in total. The van der Waals surface area contributed by atoms with Gasteiger partial charge in [-0.25, -0.2) is 4.18 Å². The number of hydrogen-bond acceptors (Lipinski definition) is 11. The van der Waals surface area contributed by atoms with Gasteiger partial charge in [0.25, 0.3) is 0 Å². The molecule has 1 heterocycles. The minimum atomic E-state index is -5.08. The lowest BCUT2D eigenvalue weighted by Gasteiger charge is -2.41. The van der Waals surface area contributed by atoms with Gasteiger partial charge in [-0.05, 0) is 96.3 Å². The molecule has 1 saturated heterocycles. The van der Waals surface area contributed by atoms with E-state index in [4.69, 9.17) is 18.9 Å². The quantitative estimate of drug-likeness (QED) is 0.0196. The summed E-state index contributed by atoms with van der Waals surface area (Å²) < 4.78 is 59.4. The van der Waals surface area contributed by atoms with Gasteiger partial charge < -0.3 is 34.3 Å². The van der Waals surface area contributed by atoms with Crippen molar-refractivity contribution in [2.45, 2.75) is 256 Å². The smallest absolute Gasteiger partial charge is 0.397 e. The SMILES string of the molecule is CC/C=C\C/C=C\C/C=C\C/C=C\C/C=C\C/C=C\CCCCCCCCC(=O)OC(COCCCCCCCCCCCC/C=C\C/C=C\CCCCCCC)COC1OC(CO)C(O)C(OS(=O)(=O)O)C1O. The van der Waals surface area contributed by atoms with Crippen LogP contribution in [0.3, 0.4) is 0 Å². The number of rotatable bonds is 50. The van der Waals surface area contributed by atoms with E-state index in [9.17, 15) is 33.1 Å². The Labute approximate surface area is 450 Å². The van der Waals surface area contributed by atoms with Crippen molar-refractivity contribution in [1.29, 1.82) is 0 Å². The van der Waals surface area contributed by atoms with E-state index in [1.54, 1.807) is 0 Å². The zero-order chi connectivity index (χ0) is 53.8. The van der Waals surface area contributed by atoms with E-state index in [0.29, 0.717) is 13.0 Å². The molecule has 0 aliphatic carbocycles. The Hall–Kier alpha value is -2.98. The van der Waals surface area contributed by atoms with Crippen LogP contribution in [0.4, 0.5) is 0 Å². The molecule has 74 heavy (non-hydrogen) atoms. The summed E-state index contributed by atoms with van der Waals surface area (Å²) in [4.78, 5) is 13.0. The molecule has 0 amide bonds. The van der Waals surface area contributed by atoms with Gasteiger partial charge in [-0.1, -0.05) is 214 Å². The van der Waals surface area contributed by atoms with Crippen molar-refractivity contribution in [3.63, 3.8) is 0 Å². The monoisotopic (exact) mass is 1060 g/mol. The van der Waals surface area contributed by atoms with Crippen LogP contribution in [0.25, 0.3) is 0 Å². The highest BCUT2D eigenvalue weighted by Gasteiger charge is 2.48. The van der Waals surface area contributed by atoms with E-state index in [1.807, 2.05) is 0 Å². The van der Waals surface area contributed by atoms with Gasteiger partial charge in [0.05, 0.1) is 19.8 Å². The minimum absolute atomic E-state index is 0.0222. The van der Waals surface area contributed by atoms with Crippen LogP contribution in [-0.4, -0.2) is 97.5 Å². The van der Waals surface area contributed by atoms with Crippen LogP contribution in [0.15, 0.2) is 97.2 Å². The fraction of sp³-hybridized carbons (Fsp3) is 0.721. The van der Waals surface area contributed by atoms with Crippen LogP contribution < -0.4 is 0 Å². The molecule has 0 radical (unpaired) electrons. The van der Waals surface area contributed by atoms with Crippen LogP contribution in [0.5, 0.6) is 0 Å². The molecule has 0 aromatic carbocycles. The molecule has 0 spiro atoms. The predicted molar refractivity (Wildman–Crippen MR) is 303 cm³/mol. The average Bonchev–Trinajstić information content (AvgIpc) is 3.38. The second-order valence-electron chi connectivity index (χ2n) is 19.5. The van der Waals surface area contributed by atoms with Gasteiger partial charge >= 0.3 is 16.4 Å². The molecule has 1 aliphatic rings. The van der Waals surface area contributed by atoms with E-state index in [1.165, 1.54) is 89.9 Å². The summed E-state index contributed by atoms with van der Waals surface area (Å²) in [6.07, 6.45) is 61.5. The number of allylic oxidation sites excluding steroid dienone is 16. The Morgan fingerprint density at radius 1 is 0.527 bits per heavy atom. The molecule has 6 unspecified atom stereocenters. The van der Waals surface area contributed by atoms with E-state index in [-0.39, 0.29) is 19.6 Å². The van der Waals surface area contributed by atoms with Gasteiger partial charge in [0.15, 0.2) is 6.29 Å². The lowest BCUT2D eigenvalue weighted by molar-refractivity contribution is -0.301. The van der Waals surface area contributed by atoms with Crippen LogP contribution in [0, 0.1) is 0 Å². The zero-order valence-electron chi connectivity index (χ0n) is 46.1. The summed E-state index contributed by atoms with van der Waals surface area (Å²) >= 11 is 0. The fourth-order valence-electron chi connectivity index (χ4n) is 8.35. The third kappa shape index (κ3) is 43.2. The zero-order valence-corrected chi connectivity index (χ0v) is 46.9. The molecule has 12 nitrogen and oxygen atoms in total. The minimum Gasteiger partial charge on any atom is -0.457 e. The lowest BCUT2D eigenvalue weighted by atomic mass is 9.99. The molecule has 0 aromatic rings. The maximum atomic E-state index is 13.0. The molecular formula is C61H104O12S. The number of aliphatic hydroxyl groups is 3. The van der Waals surface area contributed by atoms with Crippen LogP contribution in [0.2, 0.25) is 0 Å². The summed E-state index contributed by atoms with van der Waals surface area (Å²) in [5.41, 5.74) is 0. The third-order valence-corrected chi connectivity index (χ3v) is 13.2. The van der Waals surface area contributed by atoms with Crippen molar-refractivity contribution >= 4 is 16.4 Å². The van der Waals surface area contributed by atoms with Gasteiger partial charge in [-0.15, -0.1) is 0 Å². The van der Waals surface area contributed by atoms with E-state index in [2.05, 4.69) is 115 Å². The van der Waals surface area contributed by atoms with Gasteiger partial charge in [-0.2, -0.15) is 8.42 Å². The van der Waals surface area contributed by atoms with E-state index in [0.717, 1.165) is 103 Å². The third-order valence-electron chi connectivity index (χ3n) is 12.7. The topological polar surface area (TPSA) is 178 Å². The Balaban J connectivity index is 2.33. The molecule has 13 heteroatoms. The first-order valence-corrected chi connectivity index (χ1v) is 30.4. The summed E-state index contributed by atoms with van der Waals surface area (Å²) in [5.74, 6) is -0.417. The molecular weight excluding hydrogens is 957 g/mol. The number of unbranched alkanes of at least 4 members (excludes halogenated alkanes) is 21. The molecule has 426 valence electrons. The van der Waals surface area contributed by atoms with Crippen LogP contribution in [-0.2, 0) is 38.3 Å². The maximum Gasteiger partial charge on any atom is 0.397 e. The molecule has 0 bridgehead atoms. The highest BCUT2D eigenvalue weighted by atomic mass is 32.3. The van der Waals surface area contributed by atoms with Crippen molar-refractivity contribution < 1.29 is 56.2 Å². The normalized spacial score (nSPS) is 19.5.